The molecule has 4 nitrogen and oxygen atoms in total. The lowest BCUT2D eigenvalue weighted by Crippen LogP contribution is -2.28. The van der Waals surface area contributed by atoms with Crippen molar-refractivity contribution < 1.29 is 4.79 Å². The van der Waals surface area contributed by atoms with Crippen LogP contribution in [-0.2, 0) is 0 Å². The summed E-state index contributed by atoms with van der Waals surface area (Å²) in [5.41, 5.74) is 4.95. The van der Waals surface area contributed by atoms with E-state index >= 15 is 0 Å². The molecule has 0 radical (unpaired) electrons. The Morgan fingerprint density at radius 3 is 2.72 bits per heavy atom. The number of fused-ring (bicyclic) bond motifs is 1. The highest BCUT2D eigenvalue weighted by Gasteiger charge is 2.28. The molecule has 1 aliphatic heterocycles. The Kier molecular flexibility index (Phi) is 4.53. The molecule has 2 aromatic carbocycles. The lowest BCUT2D eigenvalue weighted by Gasteiger charge is -2.17. The molecule has 2 aromatic heterocycles. The Morgan fingerprint density at radius 2 is 1.83 bits per heavy atom. The van der Waals surface area contributed by atoms with Gasteiger partial charge in [-0.15, -0.1) is 0 Å². The Balaban J connectivity index is 1.42. The topological polar surface area (TPSA) is 46.1 Å². The van der Waals surface area contributed by atoms with E-state index in [1.54, 1.807) is 6.20 Å². The molecule has 3 heterocycles. The number of pyridine rings is 2. The minimum Gasteiger partial charge on any atom is -0.338 e. The first-order valence-corrected chi connectivity index (χ1v) is 9.93. The van der Waals surface area contributed by atoms with Gasteiger partial charge in [-0.05, 0) is 41.8 Å². The largest absolute Gasteiger partial charge is 0.338 e. The fourth-order valence-corrected chi connectivity index (χ4v) is 4.17. The van der Waals surface area contributed by atoms with E-state index in [-0.39, 0.29) is 5.91 Å². The fourth-order valence-electron chi connectivity index (χ4n) is 4.17. The van der Waals surface area contributed by atoms with Crippen molar-refractivity contribution in [3.63, 3.8) is 0 Å². The molecule has 0 bridgehead atoms. The van der Waals surface area contributed by atoms with Gasteiger partial charge < -0.3 is 4.90 Å². The summed E-state index contributed by atoms with van der Waals surface area (Å²) in [6, 6.07) is 22.1. The van der Waals surface area contributed by atoms with Crippen LogP contribution in [0.1, 0.15) is 28.3 Å². The number of carbonyl (C=O) groups is 1. The molecule has 4 aromatic rings. The number of rotatable bonds is 3. The van der Waals surface area contributed by atoms with Gasteiger partial charge in [-0.25, -0.2) is 0 Å². The number of hydrogen-bond acceptors (Lipinski definition) is 3. The van der Waals surface area contributed by atoms with Crippen LogP contribution in [0.15, 0.2) is 85.3 Å². The van der Waals surface area contributed by atoms with Gasteiger partial charge in [0.15, 0.2) is 0 Å². The molecule has 1 saturated heterocycles. The molecule has 4 heteroatoms. The molecule has 29 heavy (non-hydrogen) atoms. The minimum absolute atomic E-state index is 0.0893. The third-order valence-electron chi connectivity index (χ3n) is 5.68. The van der Waals surface area contributed by atoms with Crippen molar-refractivity contribution in [3.8, 4) is 11.1 Å². The molecule has 1 fully saturated rings. The number of aromatic nitrogens is 2. The molecule has 5 rings (SSSR count). The molecule has 0 saturated carbocycles. The quantitative estimate of drug-likeness (QED) is 0.507. The van der Waals surface area contributed by atoms with Crippen molar-refractivity contribution in [3.05, 3.63) is 96.4 Å². The second-order valence-corrected chi connectivity index (χ2v) is 7.48. The zero-order valence-electron chi connectivity index (χ0n) is 16.0. The molecule has 0 aliphatic carbocycles. The number of para-hydroxylation sites is 1. The van der Waals surface area contributed by atoms with Gasteiger partial charge in [0.1, 0.15) is 0 Å². The van der Waals surface area contributed by atoms with Gasteiger partial charge in [-0.2, -0.15) is 0 Å². The highest BCUT2D eigenvalue weighted by molar-refractivity contribution is 5.98. The SMILES string of the molecule is O=C(c1cccc(-c2cccc3cccnc23)c1)N1CCC(c2cccnc2)C1. The summed E-state index contributed by atoms with van der Waals surface area (Å²) in [5, 5.41) is 1.10. The molecular formula is C25H21N3O. The minimum atomic E-state index is 0.0893. The zero-order chi connectivity index (χ0) is 19.6. The number of hydrogen-bond donors (Lipinski definition) is 0. The van der Waals surface area contributed by atoms with Crippen LogP contribution < -0.4 is 0 Å². The number of amides is 1. The summed E-state index contributed by atoms with van der Waals surface area (Å²) < 4.78 is 0. The van der Waals surface area contributed by atoms with E-state index < -0.39 is 0 Å². The molecule has 142 valence electrons. The average Bonchev–Trinajstić information content (AvgIpc) is 3.29. The molecule has 1 amide bonds. The van der Waals surface area contributed by atoms with Gasteiger partial charge in [-0.3, -0.25) is 14.8 Å². The monoisotopic (exact) mass is 379 g/mol. The van der Waals surface area contributed by atoms with Crippen LogP contribution in [0.4, 0.5) is 0 Å². The van der Waals surface area contributed by atoms with Crippen molar-refractivity contribution in [2.75, 3.05) is 13.1 Å². The number of nitrogens with zero attached hydrogens (tertiary/aromatic N) is 3. The van der Waals surface area contributed by atoms with E-state index in [9.17, 15) is 4.79 Å². The Bertz CT molecular complexity index is 1170. The fraction of sp³-hybridized carbons (Fsp3) is 0.160. The highest BCUT2D eigenvalue weighted by atomic mass is 16.2. The number of likely N-dealkylation sites (tertiary alicyclic amines) is 1. The van der Waals surface area contributed by atoms with Crippen LogP contribution in [0.5, 0.6) is 0 Å². The van der Waals surface area contributed by atoms with Crippen molar-refractivity contribution in [2.24, 2.45) is 0 Å². The maximum Gasteiger partial charge on any atom is 0.253 e. The van der Waals surface area contributed by atoms with E-state index in [4.69, 9.17) is 0 Å². The molecule has 0 N–H and O–H groups in total. The van der Waals surface area contributed by atoms with Crippen LogP contribution in [0, 0.1) is 0 Å². The lowest BCUT2D eigenvalue weighted by molar-refractivity contribution is 0.0791. The number of benzene rings is 2. The van der Waals surface area contributed by atoms with E-state index in [0.29, 0.717) is 5.92 Å². The molecular weight excluding hydrogens is 358 g/mol. The van der Waals surface area contributed by atoms with E-state index in [1.165, 1.54) is 5.56 Å². The summed E-state index contributed by atoms with van der Waals surface area (Å²) >= 11 is 0. The van der Waals surface area contributed by atoms with Crippen molar-refractivity contribution in [1.29, 1.82) is 0 Å². The third kappa shape index (κ3) is 3.38. The third-order valence-corrected chi connectivity index (χ3v) is 5.68. The van der Waals surface area contributed by atoms with E-state index in [1.807, 2.05) is 59.8 Å². The van der Waals surface area contributed by atoms with E-state index in [0.717, 1.165) is 47.1 Å². The van der Waals surface area contributed by atoms with Crippen molar-refractivity contribution >= 4 is 16.8 Å². The van der Waals surface area contributed by atoms with Crippen LogP contribution in [0.25, 0.3) is 22.0 Å². The normalized spacial score (nSPS) is 16.3. The van der Waals surface area contributed by atoms with Gasteiger partial charge in [-0.1, -0.05) is 42.5 Å². The summed E-state index contributed by atoms with van der Waals surface area (Å²) in [6.45, 7) is 1.52. The molecule has 1 unspecified atom stereocenters. The zero-order valence-corrected chi connectivity index (χ0v) is 16.0. The van der Waals surface area contributed by atoms with Crippen LogP contribution in [0.3, 0.4) is 0 Å². The summed E-state index contributed by atoms with van der Waals surface area (Å²) in [4.78, 5) is 23.9. The van der Waals surface area contributed by atoms with Gasteiger partial charge in [0.25, 0.3) is 5.91 Å². The first kappa shape index (κ1) is 17.6. The molecule has 1 atom stereocenters. The predicted molar refractivity (Wildman–Crippen MR) is 115 cm³/mol. The van der Waals surface area contributed by atoms with Gasteiger partial charge >= 0.3 is 0 Å². The maximum absolute atomic E-state index is 13.2. The van der Waals surface area contributed by atoms with Gasteiger partial charge in [0.05, 0.1) is 5.52 Å². The smallest absolute Gasteiger partial charge is 0.253 e. The lowest BCUT2D eigenvalue weighted by atomic mass is 9.99. The first-order chi connectivity index (χ1) is 14.3. The summed E-state index contributed by atoms with van der Waals surface area (Å²) in [6.07, 6.45) is 6.48. The maximum atomic E-state index is 13.2. The average molecular weight is 379 g/mol. The molecule has 0 spiro atoms. The predicted octanol–water partition coefficient (Wildman–Crippen LogP) is 4.93. The van der Waals surface area contributed by atoms with Gasteiger partial charge in [0, 0.05) is 54.1 Å². The summed E-state index contributed by atoms with van der Waals surface area (Å²) in [7, 11) is 0. The second kappa shape index (κ2) is 7.47. The number of carbonyl (C=O) groups excluding carboxylic acids is 1. The van der Waals surface area contributed by atoms with Crippen molar-refractivity contribution in [2.45, 2.75) is 12.3 Å². The Labute approximate surface area is 169 Å². The standard InChI is InChI=1S/C25H21N3O/c29-25(28-14-11-22(17-28)21-9-3-12-26-16-21)20-7-1-6-19(15-20)23-10-2-5-18-8-4-13-27-24(18)23/h1-10,12-13,15-16,22H,11,14,17H2. The molecule has 1 aliphatic rings. The van der Waals surface area contributed by atoms with E-state index in [2.05, 4.69) is 34.2 Å². The van der Waals surface area contributed by atoms with Crippen LogP contribution >= 0.6 is 0 Å². The first-order valence-electron chi connectivity index (χ1n) is 9.93. The van der Waals surface area contributed by atoms with Gasteiger partial charge in [0.2, 0.25) is 0 Å². The van der Waals surface area contributed by atoms with Crippen LogP contribution in [-0.4, -0.2) is 33.9 Å². The van der Waals surface area contributed by atoms with Crippen molar-refractivity contribution in [1.82, 2.24) is 14.9 Å². The second-order valence-electron chi connectivity index (χ2n) is 7.48. The Morgan fingerprint density at radius 1 is 0.966 bits per heavy atom. The van der Waals surface area contributed by atoms with Crippen LogP contribution in [0.2, 0.25) is 0 Å². The summed E-state index contributed by atoms with van der Waals surface area (Å²) in [5.74, 6) is 0.449. The highest BCUT2D eigenvalue weighted by Crippen LogP contribution is 2.30. The Hall–Kier alpha value is -3.53.